The fourth-order valence-corrected chi connectivity index (χ4v) is 2.87. The molecule has 0 saturated heterocycles. The van der Waals surface area contributed by atoms with Crippen molar-refractivity contribution in [3.63, 3.8) is 0 Å². The third-order valence-corrected chi connectivity index (χ3v) is 3.97. The predicted molar refractivity (Wildman–Crippen MR) is 72.5 cm³/mol. The second-order valence-corrected chi connectivity index (χ2v) is 5.40. The summed E-state index contributed by atoms with van der Waals surface area (Å²) in [6.07, 6.45) is 10.1. The Bertz CT molecular complexity index is 621. The summed E-state index contributed by atoms with van der Waals surface area (Å²) in [5.41, 5.74) is 0.204. The molecule has 1 aliphatic rings. The van der Waals surface area contributed by atoms with Crippen molar-refractivity contribution in [2.75, 3.05) is 0 Å². The zero-order valence-corrected chi connectivity index (χ0v) is 10.9. The molecule has 0 bridgehead atoms. The summed E-state index contributed by atoms with van der Waals surface area (Å²) in [6, 6.07) is 1.37. The predicted octanol–water partition coefficient (Wildman–Crippen LogP) is 2.56. The largest absolute Gasteiger partial charge is 0.503 e. The summed E-state index contributed by atoms with van der Waals surface area (Å²) < 4.78 is 1.63. The molecule has 5 heteroatoms. The van der Waals surface area contributed by atoms with Gasteiger partial charge in [-0.15, -0.1) is 0 Å². The van der Waals surface area contributed by atoms with Gasteiger partial charge in [0, 0.05) is 12.0 Å². The van der Waals surface area contributed by atoms with Crippen LogP contribution >= 0.6 is 0 Å². The Morgan fingerprint density at radius 2 is 1.89 bits per heavy atom. The van der Waals surface area contributed by atoms with Crippen LogP contribution in [0.4, 0.5) is 0 Å². The maximum atomic E-state index is 11.4. The second-order valence-electron chi connectivity index (χ2n) is 5.40. The average molecular weight is 261 g/mol. The van der Waals surface area contributed by atoms with Crippen molar-refractivity contribution in [2.24, 2.45) is 0 Å². The number of fused-ring (bicyclic) bond motifs is 1. The molecule has 0 amide bonds. The van der Waals surface area contributed by atoms with Crippen LogP contribution in [0.5, 0.6) is 5.75 Å². The summed E-state index contributed by atoms with van der Waals surface area (Å²) in [4.78, 5) is 15.9. The number of aromatic amines is 1. The van der Waals surface area contributed by atoms with Gasteiger partial charge in [-0.3, -0.25) is 9.89 Å². The zero-order chi connectivity index (χ0) is 13.2. The van der Waals surface area contributed by atoms with Crippen molar-refractivity contribution in [3.8, 4) is 5.75 Å². The Labute approximate surface area is 111 Å². The average Bonchev–Trinajstić information content (AvgIpc) is 2.72. The summed E-state index contributed by atoms with van der Waals surface area (Å²) in [5, 5.41) is 12.6. The normalized spacial score (nSPS) is 18.3. The molecule has 0 unspecified atom stereocenters. The van der Waals surface area contributed by atoms with Gasteiger partial charge in [-0.25, -0.2) is 9.50 Å². The molecule has 2 aromatic heterocycles. The fourth-order valence-electron chi connectivity index (χ4n) is 2.87. The van der Waals surface area contributed by atoms with E-state index in [0.29, 0.717) is 11.6 Å². The first-order valence-corrected chi connectivity index (χ1v) is 7.05. The molecule has 3 rings (SSSR count). The van der Waals surface area contributed by atoms with Crippen LogP contribution in [-0.4, -0.2) is 19.7 Å². The van der Waals surface area contributed by atoms with Gasteiger partial charge in [-0.05, 0) is 12.8 Å². The lowest BCUT2D eigenvalue weighted by atomic mass is 9.91. The lowest BCUT2D eigenvalue weighted by Crippen LogP contribution is -2.04. The van der Waals surface area contributed by atoms with Gasteiger partial charge in [0.25, 0.3) is 0 Å². The monoisotopic (exact) mass is 261 g/mol. The van der Waals surface area contributed by atoms with E-state index in [-0.39, 0.29) is 11.2 Å². The molecule has 0 aromatic carbocycles. The van der Waals surface area contributed by atoms with Gasteiger partial charge in [-0.1, -0.05) is 32.1 Å². The highest BCUT2D eigenvalue weighted by Crippen LogP contribution is 2.29. The van der Waals surface area contributed by atoms with Crippen LogP contribution in [0.1, 0.15) is 56.7 Å². The van der Waals surface area contributed by atoms with Crippen LogP contribution in [0, 0.1) is 0 Å². The molecule has 102 valence electrons. The standard InChI is InChI=1S/C14H19N3O2/c18-11-8-13-15-14(16-17(13)9-12(11)19)10-6-4-2-1-3-5-7-10/h8-10,19H,1-7H2,(H,15,16). The first kappa shape index (κ1) is 12.3. The summed E-state index contributed by atoms with van der Waals surface area (Å²) in [7, 11) is 0. The zero-order valence-electron chi connectivity index (χ0n) is 10.9. The minimum Gasteiger partial charge on any atom is -0.503 e. The SMILES string of the molecule is O=c1cc2nc(C3CCCCCCC3)[nH]n2cc1O. The lowest BCUT2D eigenvalue weighted by Gasteiger charge is -2.16. The van der Waals surface area contributed by atoms with Crippen molar-refractivity contribution >= 4 is 5.65 Å². The van der Waals surface area contributed by atoms with Crippen molar-refractivity contribution in [3.05, 3.63) is 28.3 Å². The van der Waals surface area contributed by atoms with Crippen molar-refractivity contribution in [2.45, 2.75) is 50.9 Å². The van der Waals surface area contributed by atoms with Gasteiger partial charge < -0.3 is 5.11 Å². The number of pyridine rings is 1. The molecular formula is C14H19N3O2. The summed E-state index contributed by atoms with van der Waals surface area (Å²) >= 11 is 0. The molecular weight excluding hydrogens is 242 g/mol. The van der Waals surface area contributed by atoms with E-state index in [1.807, 2.05) is 0 Å². The van der Waals surface area contributed by atoms with E-state index in [2.05, 4.69) is 10.1 Å². The second kappa shape index (κ2) is 5.07. The van der Waals surface area contributed by atoms with E-state index in [4.69, 9.17) is 0 Å². The van der Waals surface area contributed by atoms with Gasteiger partial charge in [0.05, 0.1) is 6.20 Å². The molecule has 1 aliphatic carbocycles. The number of nitrogens with zero attached hydrogens (tertiary/aromatic N) is 2. The third kappa shape index (κ3) is 2.50. The highest BCUT2D eigenvalue weighted by Gasteiger charge is 2.17. The van der Waals surface area contributed by atoms with Gasteiger partial charge >= 0.3 is 0 Å². The van der Waals surface area contributed by atoms with Crippen LogP contribution in [0.3, 0.4) is 0 Å². The Morgan fingerprint density at radius 3 is 2.63 bits per heavy atom. The molecule has 19 heavy (non-hydrogen) atoms. The van der Waals surface area contributed by atoms with Gasteiger partial charge in [0.1, 0.15) is 5.82 Å². The van der Waals surface area contributed by atoms with E-state index < -0.39 is 0 Å². The van der Waals surface area contributed by atoms with Crippen LogP contribution in [0.15, 0.2) is 17.1 Å². The molecule has 1 saturated carbocycles. The highest BCUT2D eigenvalue weighted by atomic mass is 16.3. The van der Waals surface area contributed by atoms with E-state index in [0.717, 1.165) is 18.7 Å². The Morgan fingerprint density at radius 1 is 1.21 bits per heavy atom. The van der Waals surface area contributed by atoms with Crippen LogP contribution in [0.2, 0.25) is 0 Å². The Hall–Kier alpha value is -1.78. The molecule has 2 N–H and O–H groups in total. The number of hydrogen-bond donors (Lipinski definition) is 2. The maximum Gasteiger partial charge on any atom is 0.225 e. The summed E-state index contributed by atoms with van der Waals surface area (Å²) in [6.45, 7) is 0. The van der Waals surface area contributed by atoms with E-state index >= 15 is 0 Å². The molecule has 0 radical (unpaired) electrons. The molecule has 5 nitrogen and oxygen atoms in total. The van der Waals surface area contributed by atoms with Crippen LogP contribution in [-0.2, 0) is 0 Å². The van der Waals surface area contributed by atoms with Crippen LogP contribution in [0.25, 0.3) is 5.65 Å². The maximum absolute atomic E-state index is 11.4. The first-order valence-electron chi connectivity index (χ1n) is 7.05. The smallest absolute Gasteiger partial charge is 0.225 e. The van der Waals surface area contributed by atoms with Crippen molar-refractivity contribution in [1.82, 2.24) is 14.6 Å². The number of aromatic nitrogens is 3. The lowest BCUT2D eigenvalue weighted by molar-refractivity contribution is 0.442. The minimum absolute atomic E-state index is 0.245. The Kier molecular flexibility index (Phi) is 3.27. The quantitative estimate of drug-likeness (QED) is 0.828. The minimum atomic E-state index is -0.379. The van der Waals surface area contributed by atoms with Gasteiger partial charge in [0.2, 0.25) is 5.43 Å². The van der Waals surface area contributed by atoms with Crippen molar-refractivity contribution in [1.29, 1.82) is 0 Å². The summed E-state index contributed by atoms with van der Waals surface area (Å²) in [5.74, 6) is 1.13. The molecule has 2 aromatic rings. The molecule has 2 heterocycles. The Balaban J connectivity index is 1.93. The van der Waals surface area contributed by atoms with E-state index in [9.17, 15) is 9.90 Å². The number of nitrogens with one attached hydrogen (secondary N) is 1. The molecule has 1 fully saturated rings. The first-order chi connectivity index (χ1) is 9.24. The third-order valence-electron chi connectivity index (χ3n) is 3.97. The van der Waals surface area contributed by atoms with Gasteiger partial charge in [0.15, 0.2) is 11.4 Å². The number of H-pyrrole nitrogens is 1. The number of aromatic hydroxyl groups is 1. The van der Waals surface area contributed by atoms with E-state index in [1.54, 1.807) is 4.52 Å². The molecule has 0 aliphatic heterocycles. The number of rotatable bonds is 1. The van der Waals surface area contributed by atoms with E-state index in [1.165, 1.54) is 44.4 Å². The van der Waals surface area contributed by atoms with Crippen molar-refractivity contribution < 1.29 is 5.11 Å². The molecule has 0 atom stereocenters. The fraction of sp³-hybridized carbons (Fsp3) is 0.571. The highest BCUT2D eigenvalue weighted by molar-refractivity contribution is 5.40. The van der Waals surface area contributed by atoms with Gasteiger partial charge in [-0.2, -0.15) is 0 Å². The molecule has 0 spiro atoms. The number of hydrogen-bond acceptors (Lipinski definition) is 3. The van der Waals surface area contributed by atoms with Crippen LogP contribution < -0.4 is 5.43 Å². The topological polar surface area (TPSA) is 70.4 Å².